The van der Waals surface area contributed by atoms with Gasteiger partial charge < -0.3 is 19.6 Å². The van der Waals surface area contributed by atoms with Gasteiger partial charge in [-0.3, -0.25) is 24.6 Å². The highest BCUT2D eigenvalue weighted by Crippen LogP contribution is 2.42. The molecule has 2 aromatic heterocycles. The fraction of sp³-hybridized carbons (Fsp3) is 0.292. The maximum absolute atomic E-state index is 12.9. The Morgan fingerprint density at radius 1 is 1.30 bits per heavy atom. The van der Waals surface area contributed by atoms with E-state index < -0.39 is 34.1 Å². The summed E-state index contributed by atoms with van der Waals surface area (Å²) in [6.45, 7) is 3.40. The van der Waals surface area contributed by atoms with Gasteiger partial charge in [-0.15, -0.1) is 22.0 Å². The van der Waals surface area contributed by atoms with Crippen molar-refractivity contribution in [3.8, 4) is 5.75 Å². The fourth-order valence-electron chi connectivity index (χ4n) is 4.11. The molecule has 0 spiro atoms. The molecule has 5 rings (SSSR count). The number of nitrogens with zero attached hydrogens (tertiary/aromatic N) is 4. The van der Waals surface area contributed by atoms with Crippen LogP contribution < -0.4 is 10.1 Å². The van der Waals surface area contributed by atoms with Gasteiger partial charge in [0.15, 0.2) is 15.8 Å². The third kappa shape index (κ3) is 5.55. The van der Waals surface area contributed by atoms with E-state index in [-0.39, 0.29) is 35.3 Å². The minimum atomic E-state index is -1.21. The predicted octanol–water partition coefficient (Wildman–Crippen LogP) is 3.38. The van der Waals surface area contributed by atoms with Crippen molar-refractivity contribution in [2.75, 3.05) is 11.5 Å². The Bertz CT molecular complexity index is 1550. The molecule has 1 aromatic carbocycles. The SMILES string of the molecule is Cc1ccc(OCc2ccc(C(=O)N[C@H]3C(=O)N4C(C(=O)O)=C(CSc5nnc(C)s5)CS[C@@H]34)o2)c([N+](=O)[O-])c1. The minimum Gasteiger partial charge on any atom is -0.479 e. The lowest BCUT2D eigenvalue weighted by atomic mass is 10.0. The molecule has 13 nitrogen and oxygen atoms in total. The Morgan fingerprint density at radius 2 is 2.10 bits per heavy atom. The van der Waals surface area contributed by atoms with E-state index in [1.807, 2.05) is 6.92 Å². The van der Waals surface area contributed by atoms with Crippen LogP contribution in [-0.4, -0.2) is 65.8 Å². The Hall–Kier alpha value is -3.89. The number of nitro groups is 1. The molecule has 0 radical (unpaired) electrons. The summed E-state index contributed by atoms with van der Waals surface area (Å²) < 4.78 is 11.8. The zero-order valence-corrected chi connectivity index (χ0v) is 23.4. The highest BCUT2D eigenvalue weighted by Gasteiger charge is 2.54. The van der Waals surface area contributed by atoms with Crippen LogP contribution in [0.3, 0.4) is 0 Å². The highest BCUT2D eigenvalue weighted by atomic mass is 32.2. The number of aryl methyl sites for hydroxylation is 2. The maximum atomic E-state index is 12.9. The smallest absolute Gasteiger partial charge is 0.352 e. The molecule has 0 bridgehead atoms. The van der Waals surface area contributed by atoms with E-state index in [2.05, 4.69) is 15.5 Å². The number of carboxylic acid groups (broad SMARTS) is 1. The van der Waals surface area contributed by atoms with Gasteiger partial charge in [0.05, 0.1) is 4.92 Å². The summed E-state index contributed by atoms with van der Waals surface area (Å²) in [6.07, 6.45) is 0. The first kappa shape index (κ1) is 27.7. The van der Waals surface area contributed by atoms with E-state index >= 15 is 0 Å². The molecule has 0 unspecified atom stereocenters. The monoisotopic (exact) mass is 603 g/mol. The lowest BCUT2D eigenvalue weighted by Gasteiger charge is -2.49. The number of furan rings is 1. The number of ether oxygens (including phenoxy) is 1. The molecule has 2 N–H and O–H groups in total. The number of carbonyl (C=O) groups excluding carboxylic acids is 2. The molecule has 208 valence electrons. The van der Waals surface area contributed by atoms with Crippen LogP contribution in [0.25, 0.3) is 0 Å². The largest absolute Gasteiger partial charge is 0.479 e. The van der Waals surface area contributed by atoms with Crippen LogP contribution in [0.5, 0.6) is 5.75 Å². The van der Waals surface area contributed by atoms with E-state index in [0.29, 0.717) is 27.0 Å². The summed E-state index contributed by atoms with van der Waals surface area (Å²) in [6, 6.07) is 6.53. The number of fused-ring (bicyclic) bond motifs is 1. The van der Waals surface area contributed by atoms with Gasteiger partial charge in [0, 0.05) is 17.6 Å². The molecule has 0 saturated carbocycles. The number of hydrogen-bond donors (Lipinski definition) is 2. The molecule has 1 saturated heterocycles. The van der Waals surface area contributed by atoms with E-state index in [9.17, 15) is 29.6 Å². The molecular formula is C24H21N5O8S3. The number of nitro benzene ring substituents is 1. The second-order valence-corrected chi connectivity index (χ2v) is 12.3. The molecule has 2 amide bonds. The zero-order valence-electron chi connectivity index (χ0n) is 21.0. The molecule has 0 aliphatic carbocycles. The first-order valence-electron chi connectivity index (χ1n) is 11.7. The number of nitrogens with one attached hydrogen (secondary N) is 1. The van der Waals surface area contributed by atoms with Crippen LogP contribution in [-0.2, 0) is 16.2 Å². The number of aromatic nitrogens is 2. The van der Waals surface area contributed by atoms with Gasteiger partial charge >= 0.3 is 11.7 Å². The quantitative estimate of drug-likeness (QED) is 0.150. The van der Waals surface area contributed by atoms with E-state index in [0.717, 1.165) is 5.01 Å². The summed E-state index contributed by atoms with van der Waals surface area (Å²) in [5, 5.41) is 32.0. The lowest BCUT2D eigenvalue weighted by molar-refractivity contribution is -0.386. The first-order chi connectivity index (χ1) is 19.1. The van der Waals surface area contributed by atoms with E-state index in [1.165, 1.54) is 64.0 Å². The number of hydrogen-bond acceptors (Lipinski definition) is 12. The third-order valence-corrected chi connectivity index (χ3v) is 9.38. The Morgan fingerprint density at radius 3 is 2.80 bits per heavy atom. The summed E-state index contributed by atoms with van der Waals surface area (Å²) in [4.78, 5) is 49.8. The van der Waals surface area contributed by atoms with Crippen molar-refractivity contribution in [1.29, 1.82) is 0 Å². The Labute approximate surface area is 239 Å². The second-order valence-electron chi connectivity index (χ2n) is 8.78. The molecule has 2 atom stereocenters. The number of aliphatic carboxylic acids is 1. The predicted molar refractivity (Wildman–Crippen MR) is 145 cm³/mol. The van der Waals surface area contributed by atoms with Gasteiger partial charge in [0.1, 0.15) is 34.5 Å². The number of rotatable bonds is 10. The van der Waals surface area contributed by atoms with Gasteiger partial charge in [0.2, 0.25) is 0 Å². The van der Waals surface area contributed by atoms with Gasteiger partial charge in [-0.05, 0) is 43.2 Å². The molecule has 1 fully saturated rings. The second kappa shape index (κ2) is 11.3. The molecular weight excluding hydrogens is 582 g/mol. The molecule has 2 aliphatic heterocycles. The Kier molecular flexibility index (Phi) is 7.82. The van der Waals surface area contributed by atoms with Gasteiger partial charge in [-0.25, -0.2) is 4.79 Å². The third-order valence-electron chi connectivity index (χ3n) is 5.98. The van der Waals surface area contributed by atoms with Crippen molar-refractivity contribution in [3.05, 3.63) is 73.8 Å². The average Bonchev–Trinajstić information content (AvgIpc) is 3.57. The molecule has 40 heavy (non-hydrogen) atoms. The van der Waals surface area contributed by atoms with Gasteiger partial charge in [0.25, 0.3) is 11.8 Å². The van der Waals surface area contributed by atoms with Gasteiger partial charge in [-0.2, -0.15) is 0 Å². The Balaban J connectivity index is 1.21. The van der Waals surface area contributed by atoms with Crippen molar-refractivity contribution >= 4 is 58.3 Å². The normalized spacial score (nSPS) is 18.2. The van der Waals surface area contributed by atoms with Crippen LogP contribution in [0.1, 0.15) is 26.9 Å². The van der Waals surface area contributed by atoms with Crippen molar-refractivity contribution in [1.82, 2.24) is 20.4 Å². The van der Waals surface area contributed by atoms with Gasteiger partial charge in [-0.1, -0.05) is 29.2 Å². The summed E-state index contributed by atoms with van der Waals surface area (Å²) >= 11 is 4.13. The standard InChI is InChI=1S/C24H21N5O8S3/c1-11-3-5-16(15(7-11)29(34)35)36-8-14-4-6-17(37-14)20(30)25-18-21(31)28-19(23(32)33)13(9-38-22(18)28)10-39-24-27-26-12(2)40-24/h3-7,18,22H,8-10H2,1-2H3,(H,25,30)(H,32,33)/t18-,22-/m0/s1. The molecule has 3 aromatic rings. The van der Waals surface area contributed by atoms with E-state index in [1.54, 1.807) is 13.0 Å². The molecule has 4 heterocycles. The average molecular weight is 604 g/mol. The number of carboxylic acids is 1. The van der Waals surface area contributed by atoms with Crippen LogP contribution in [0.15, 0.2) is 50.4 Å². The summed E-state index contributed by atoms with van der Waals surface area (Å²) in [5.74, 6) is -1.44. The highest BCUT2D eigenvalue weighted by molar-refractivity contribution is 8.01. The van der Waals surface area contributed by atoms with Crippen LogP contribution in [0, 0.1) is 24.0 Å². The number of β-lactam (4-membered cyclic amide) rings is 1. The van der Waals surface area contributed by atoms with Crippen LogP contribution in [0.4, 0.5) is 5.69 Å². The summed E-state index contributed by atoms with van der Waals surface area (Å²) in [5.41, 5.74) is 1.04. The lowest BCUT2D eigenvalue weighted by Crippen LogP contribution is -2.70. The number of thioether (sulfide) groups is 2. The van der Waals surface area contributed by atoms with Crippen LogP contribution >= 0.6 is 34.9 Å². The van der Waals surface area contributed by atoms with Crippen molar-refractivity contribution in [2.45, 2.75) is 36.2 Å². The van der Waals surface area contributed by atoms with Crippen molar-refractivity contribution in [2.24, 2.45) is 0 Å². The number of carbonyl (C=O) groups is 3. The van der Waals surface area contributed by atoms with Crippen molar-refractivity contribution in [3.63, 3.8) is 0 Å². The van der Waals surface area contributed by atoms with E-state index in [4.69, 9.17) is 9.15 Å². The maximum Gasteiger partial charge on any atom is 0.352 e. The minimum absolute atomic E-state index is 0.0611. The number of amides is 2. The summed E-state index contributed by atoms with van der Waals surface area (Å²) in [7, 11) is 0. The zero-order chi connectivity index (χ0) is 28.6. The topological polar surface area (TPSA) is 178 Å². The fourth-order valence-corrected chi connectivity index (χ4v) is 7.41. The molecule has 16 heteroatoms. The molecule has 2 aliphatic rings. The number of benzene rings is 1. The first-order valence-corrected chi connectivity index (χ1v) is 14.6. The van der Waals surface area contributed by atoms with Crippen molar-refractivity contribution < 1.29 is 33.6 Å². The van der Waals surface area contributed by atoms with Crippen LogP contribution in [0.2, 0.25) is 0 Å².